The third-order valence-corrected chi connectivity index (χ3v) is 5.68. The normalized spacial score (nSPS) is 31.3. The van der Waals surface area contributed by atoms with Crippen LogP contribution in [0.15, 0.2) is 0 Å². The highest BCUT2D eigenvalue weighted by Gasteiger charge is 2.30. The molecule has 0 bridgehead atoms. The van der Waals surface area contributed by atoms with E-state index in [1.165, 1.54) is 25.8 Å². The van der Waals surface area contributed by atoms with Crippen LogP contribution < -0.4 is 5.32 Å². The van der Waals surface area contributed by atoms with Crippen molar-refractivity contribution in [1.82, 2.24) is 15.1 Å². The third kappa shape index (κ3) is 6.55. The second-order valence-corrected chi connectivity index (χ2v) is 7.76. The molecule has 0 aromatic heterocycles. The molecule has 25 heavy (non-hydrogen) atoms. The van der Waals surface area contributed by atoms with Gasteiger partial charge in [-0.3, -0.25) is 9.69 Å². The summed E-state index contributed by atoms with van der Waals surface area (Å²) in [7, 11) is 0. The molecule has 3 heterocycles. The van der Waals surface area contributed by atoms with E-state index in [2.05, 4.69) is 29.0 Å². The lowest BCUT2D eigenvalue weighted by molar-refractivity contribution is -0.136. The lowest BCUT2D eigenvalue weighted by atomic mass is 9.92. The molecule has 3 saturated heterocycles. The van der Waals surface area contributed by atoms with Crippen LogP contribution in [-0.4, -0.2) is 73.7 Å². The van der Waals surface area contributed by atoms with Crippen molar-refractivity contribution in [2.75, 3.05) is 45.8 Å². The van der Waals surface area contributed by atoms with Crippen LogP contribution in [0.1, 0.15) is 39.5 Å². The summed E-state index contributed by atoms with van der Waals surface area (Å²) in [6, 6.07) is 0. The molecule has 148 valence electrons. The van der Waals surface area contributed by atoms with Crippen LogP contribution in [0.2, 0.25) is 0 Å². The van der Waals surface area contributed by atoms with E-state index in [1.807, 2.05) is 0 Å². The van der Waals surface area contributed by atoms with Crippen molar-refractivity contribution in [2.45, 2.75) is 51.7 Å². The fraction of sp³-hybridized carbons (Fsp3) is 0.944. The molecule has 1 amide bonds. The Morgan fingerprint density at radius 1 is 1.08 bits per heavy atom. The summed E-state index contributed by atoms with van der Waals surface area (Å²) in [5, 5.41) is 3.30. The smallest absolute Gasteiger partial charge is 0.227 e. The first-order chi connectivity index (χ1) is 11.1. The Morgan fingerprint density at radius 3 is 2.28 bits per heavy atom. The van der Waals surface area contributed by atoms with Crippen LogP contribution in [0.3, 0.4) is 0 Å². The second-order valence-electron chi connectivity index (χ2n) is 7.76. The van der Waals surface area contributed by atoms with Gasteiger partial charge in [0.05, 0.1) is 18.1 Å². The molecule has 0 aliphatic carbocycles. The monoisotopic (exact) mass is 395 g/mol. The highest BCUT2D eigenvalue weighted by Crippen LogP contribution is 2.24. The first-order valence-electron chi connectivity index (χ1n) is 9.49. The van der Waals surface area contributed by atoms with Crippen molar-refractivity contribution in [3.05, 3.63) is 0 Å². The predicted molar refractivity (Wildman–Crippen MR) is 106 cm³/mol. The minimum Gasteiger partial charge on any atom is -0.373 e. The standard InChI is InChI=1S/C18H33N3O2.2ClH/c1-14-12-20(13-15(2)23-14)8-4-16-5-9-21(10-6-16)18(22)17-3-7-19-11-17;;/h14-17,19H,3-13H2,1-2H3;2*1H. The molecule has 3 rings (SSSR count). The molecular formula is C18H35Cl2N3O2. The van der Waals surface area contributed by atoms with E-state index < -0.39 is 0 Å². The zero-order valence-electron chi connectivity index (χ0n) is 15.6. The van der Waals surface area contributed by atoms with Gasteiger partial charge < -0.3 is 15.0 Å². The number of rotatable bonds is 4. The summed E-state index contributed by atoms with van der Waals surface area (Å²) >= 11 is 0. The van der Waals surface area contributed by atoms with E-state index in [-0.39, 0.29) is 30.7 Å². The molecule has 0 aromatic carbocycles. The summed E-state index contributed by atoms with van der Waals surface area (Å²) in [5.41, 5.74) is 0. The highest BCUT2D eigenvalue weighted by atomic mass is 35.5. The maximum atomic E-state index is 12.4. The number of hydrogen-bond donors (Lipinski definition) is 1. The van der Waals surface area contributed by atoms with Crippen molar-refractivity contribution < 1.29 is 9.53 Å². The molecule has 3 aliphatic heterocycles. The molecule has 0 radical (unpaired) electrons. The zero-order chi connectivity index (χ0) is 16.2. The van der Waals surface area contributed by atoms with Gasteiger partial charge in [0, 0.05) is 32.7 Å². The van der Waals surface area contributed by atoms with Gasteiger partial charge in [-0.2, -0.15) is 0 Å². The molecule has 0 spiro atoms. The summed E-state index contributed by atoms with van der Waals surface area (Å²) in [4.78, 5) is 17.1. The first-order valence-corrected chi connectivity index (χ1v) is 9.49. The molecule has 7 heteroatoms. The number of carbonyl (C=O) groups excluding carboxylic acids is 1. The van der Waals surface area contributed by atoms with Gasteiger partial charge in [-0.25, -0.2) is 0 Å². The molecule has 5 nitrogen and oxygen atoms in total. The van der Waals surface area contributed by atoms with E-state index >= 15 is 0 Å². The summed E-state index contributed by atoms with van der Waals surface area (Å²) in [6.45, 7) is 11.5. The van der Waals surface area contributed by atoms with Gasteiger partial charge >= 0.3 is 0 Å². The molecule has 3 unspecified atom stereocenters. The quantitative estimate of drug-likeness (QED) is 0.791. The van der Waals surface area contributed by atoms with E-state index in [1.54, 1.807) is 0 Å². The number of ether oxygens (including phenoxy) is 1. The third-order valence-electron chi connectivity index (χ3n) is 5.68. The molecule has 3 aliphatic rings. The number of carbonyl (C=O) groups is 1. The van der Waals surface area contributed by atoms with Crippen LogP contribution in [0, 0.1) is 11.8 Å². The van der Waals surface area contributed by atoms with Gasteiger partial charge in [-0.05, 0) is 58.5 Å². The minimum atomic E-state index is 0. The minimum absolute atomic E-state index is 0. The Balaban J connectivity index is 0.00000156. The number of morpholine rings is 1. The number of piperidine rings is 1. The summed E-state index contributed by atoms with van der Waals surface area (Å²) in [5.74, 6) is 1.42. The van der Waals surface area contributed by atoms with Crippen LogP contribution in [-0.2, 0) is 9.53 Å². The van der Waals surface area contributed by atoms with Gasteiger partial charge in [0.1, 0.15) is 0 Å². The molecular weight excluding hydrogens is 361 g/mol. The second kappa shape index (κ2) is 10.9. The van der Waals surface area contributed by atoms with Crippen molar-refractivity contribution in [2.24, 2.45) is 11.8 Å². The summed E-state index contributed by atoms with van der Waals surface area (Å²) in [6.07, 6.45) is 5.37. The first kappa shape index (κ1) is 23.0. The molecule has 0 saturated carbocycles. The Kier molecular flexibility index (Phi) is 10.0. The Bertz CT molecular complexity index is 390. The van der Waals surface area contributed by atoms with Crippen LogP contribution >= 0.6 is 24.8 Å². The van der Waals surface area contributed by atoms with Crippen molar-refractivity contribution in [3.63, 3.8) is 0 Å². The van der Waals surface area contributed by atoms with Crippen molar-refractivity contribution in [3.8, 4) is 0 Å². The zero-order valence-corrected chi connectivity index (χ0v) is 17.2. The maximum absolute atomic E-state index is 12.4. The number of amides is 1. The van der Waals surface area contributed by atoms with Crippen LogP contribution in [0.5, 0.6) is 0 Å². The van der Waals surface area contributed by atoms with Crippen molar-refractivity contribution in [1.29, 1.82) is 0 Å². The summed E-state index contributed by atoms with van der Waals surface area (Å²) < 4.78 is 5.81. The molecule has 3 fully saturated rings. The van der Waals surface area contributed by atoms with Gasteiger partial charge in [-0.15, -0.1) is 24.8 Å². The number of nitrogens with zero attached hydrogens (tertiary/aromatic N) is 2. The SMILES string of the molecule is CC1CN(CCC2CCN(C(=O)C3CCNC3)CC2)CC(C)O1.Cl.Cl. The number of halogens is 2. The largest absolute Gasteiger partial charge is 0.373 e. The highest BCUT2D eigenvalue weighted by molar-refractivity contribution is 5.85. The topological polar surface area (TPSA) is 44.8 Å². The van der Waals surface area contributed by atoms with E-state index in [9.17, 15) is 4.79 Å². The number of likely N-dealkylation sites (tertiary alicyclic amines) is 1. The lowest BCUT2D eigenvalue weighted by Crippen LogP contribution is -2.46. The number of hydrogen-bond acceptors (Lipinski definition) is 4. The van der Waals surface area contributed by atoms with Crippen LogP contribution in [0.25, 0.3) is 0 Å². The van der Waals surface area contributed by atoms with Gasteiger partial charge in [0.2, 0.25) is 5.91 Å². The average Bonchev–Trinajstić information content (AvgIpc) is 3.06. The fourth-order valence-corrected chi connectivity index (χ4v) is 4.40. The molecule has 0 aromatic rings. The van der Waals surface area contributed by atoms with Gasteiger partial charge in [0.25, 0.3) is 0 Å². The predicted octanol–water partition coefficient (Wildman–Crippen LogP) is 2.18. The lowest BCUT2D eigenvalue weighted by Gasteiger charge is -2.37. The Hall–Kier alpha value is -0.0700. The Morgan fingerprint density at radius 2 is 1.72 bits per heavy atom. The Labute approximate surface area is 165 Å². The maximum Gasteiger partial charge on any atom is 0.227 e. The van der Waals surface area contributed by atoms with Crippen LogP contribution in [0.4, 0.5) is 0 Å². The number of nitrogens with one attached hydrogen (secondary N) is 1. The fourth-order valence-electron chi connectivity index (χ4n) is 4.40. The average molecular weight is 396 g/mol. The van der Waals surface area contributed by atoms with E-state index in [0.717, 1.165) is 51.6 Å². The van der Waals surface area contributed by atoms with Gasteiger partial charge in [-0.1, -0.05) is 0 Å². The van der Waals surface area contributed by atoms with Crippen molar-refractivity contribution >= 4 is 30.7 Å². The molecule has 1 N–H and O–H groups in total. The van der Waals surface area contributed by atoms with E-state index in [0.29, 0.717) is 18.1 Å². The molecule has 3 atom stereocenters. The van der Waals surface area contributed by atoms with Gasteiger partial charge in [0.15, 0.2) is 0 Å². The van der Waals surface area contributed by atoms with E-state index in [4.69, 9.17) is 4.74 Å².